The summed E-state index contributed by atoms with van der Waals surface area (Å²) in [5.74, 6) is -1.01. The van der Waals surface area contributed by atoms with Gasteiger partial charge in [0, 0.05) is 18.7 Å². The molecule has 0 bridgehead atoms. The fourth-order valence-corrected chi connectivity index (χ4v) is 1.39. The Morgan fingerprint density at radius 2 is 2.00 bits per heavy atom. The van der Waals surface area contributed by atoms with Crippen molar-refractivity contribution in [3.63, 3.8) is 0 Å². The minimum Gasteiger partial charge on any atom is -0.478 e. The summed E-state index contributed by atoms with van der Waals surface area (Å²) in [5.41, 5.74) is 0.132. The van der Waals surface area contributed by atoms with E-state index in [9.17, 15) is 9.59 Å². The number of aliphatic carboxylic acids is 1. The predicted octanol–water partition coefficient (Wildman–Crippen LogP) is 0.876. The molecular weight excluding hydrogens is 226 g/mol. The van der Waals surface area contributed by atoms with Crippen molar-refractivity contribution in [1.82, 2.24) is 4.90 Å². The van der Waals surface area contributed by atoms with Crippen molar-refractivity contribution < 1.29 is 24.2 Å². The molecule has 0 aromatic rings. The van der Waals surface area contributed by atoms with Gasteiger partial charge >= 0.3 is 12.1 Å². The van der Waals surface area contributed by atoms with E-state index in [-0.39, 0.29) is 18.3 Å². The number of morpholine rings is 1. The van der Waals surface area contributed by atoms with E-state index in [1.54, 1.807) is 4.90 Å². The molecule has 1 aliphatic rings. The van der Waals surface area contributed by atoms with Crippen molar-refractivity contribution in [3.05, 3.63) is 12.2 Å². The number of nitrogens with zero attached hydrogens (tertiary/aromatic N) is 1. The number of carbonyl (C=O) groups is 2. The lowest BCUT2D eigenvalue weighted by Gasteiger charge is -2.25. The zero-order valence-electron chi connectivity index (χ0n) is 9.68. The van der Waals surface area contributed by atoms with Crippen molar-refractivity contribution in [2.75, 3.05) is 32.9 Å². The van der Waals surface area contributed by atoms with Crippen molar-refractivity contribution in [1.29, 1.82) is 0 Å². The van der Waals surface area contributed by atoms with Crippen LogP contribution in [0.5, 0.6) is 0 Å². The van der Waals surface area contributed by atoms with Crippen LogP contribution >= 0.6 is 0 Å². The summed E-state index contributed by atoms with van der Waals surface area (Å²) in [6.45, 7) is 5.75. The largest absolute Gasteiger partial charge is 0.478 e. The molecule has 0 atom stereocenters. The van der Waals surface area contributed by atoms with Crippen LogP contribution in [0, 0.1) is 0 Å². The van der Waals surface area contributed by atoms with E-state index in [0.29, 0.717) is 39.1 Å². The average Bonchev–Trinajstić information content (AvgIpc) is 2.35. The third kappa shape index (κ3) is 4.86. The minimum atomic E-state index is -1.01. The van der Waals surface area contributed by atoms with Crippen LogP contribution < -0.4 is 0 Å². The van der Waals surface area contributed by atoms with Gasteiger partial charge < -0.3 is 19.5 Å². The highest BCUT2D eigenvalue weighted by atomic mass is 16.6. The molecule has 0 radical (unpaired) electrons. The number of hydrogen-bond acceptors (Lipinski definition) is 4. The number of hydrogen-bond donors (Lipinski definition) is 1. The first-order chi connectivity index (χ1) is 8.11. The first-order valence-corrected chi connectivity index (χ1v) is 5.52. The van der Waals surface area contributed by atoms with Gasteiger partial charge in [0.25, 0.3) is 0 Å². The first-order valence-electron chi connectivity index (χ1n) is 5.52. The summed E-state index contributed by atoms with van der Waals surface area (Å²) < 4.78 is 10.1. The second-order valence-electron chi connectivity index (χ2n) is 3.73. The van der Waals surface area contributed by atoms with Gasteiger partial charge in [-0.25, -0.2) is 9.59 Å². The summed E-state index contributed by atoms with van der Waals surface area (Å²) in [5, 5.41) is 8.56. The molecule has 1 N–H and O–H groups in total. The summed E-state index contributed by atoms with van der Waals surface area (Å²) in [6, 6.07) is 0. The molecular formula is C11H17NO5. The molecule has 1 aliphatic heterocycles. The maximum Gasteiger partial charge on any atom is 0.409 e. The predicted molar refractivity (Wildman–Crippen MR) is 59.7 cm³/mol. The standard InChI is InChI=1S/C11H17NO5/c1-9(10(13)14)3-2-6-17-11(15)12-4-7-16-8-5-12/h1-8H2,(H,13,14). The van der Waals surface area contributed by atoms with Crippen LogP contribution in [0.25, 0.3) is 0 Å². The van der Waals surface area contributed by atoms with Gasteiger partial charge in [-0.05, 0) is 12.8 Å². The van der Waals surface area contributed by atoms with Gasteiger partial charge in [0.05, 0.1) is 19.8 Å². The van der Waals surface area contributed by atoms with Crippen LogP contribution in [0.2, 0.25) is 0 Å². The molecule has 0 aromatic carbocycles. The van der Waals surface area contributed by atoms with Gasteiger partial charge in [-0.15, -0.1) is 0 Å². The van der Waals surface area contributed by atoms with Crippen LogP contribution in [0.1, 0.15) is 12.8 Å². The van der Waals surface area contributed by atoms with Gasteiger partial charge in [0.2, 0.25) is 0 Å². The molecule has 1 fully saturated rings. The fraction of sp³-hybridized carbons (Fsp3) is 0.636. The van der Waals surface area contributed by atoms with Crippen molar-refractivity contribution in [3.8, 4) is 0 Å². The molecule has 1 heterocycles. The highest BCUT2D eigenvalue weighted by molar-refractivity contribution is 5.85. The zero-order chi connectivity index (χ0) is 12.7. The second kappa shape index (κ2) is 6.90. The molecule has 6 heteroatoms. The molecule has 6 nitrogen and oxygen atoms in total. The quantitative estimate of drug-likeness (QED) is 0.573. The monoisotopic (exact) mass is 243 g/mol. The summed E-state index contributed by atoms with van der Waals surface area (Å²) >= 11 is 0. The fourth-order valence-electron chi connectivity index (χ4n) is 1.39. The second-order valence-corrected chi connectivity index (χ2v) is 3.73. The minimum absolute atomic E-state index is 0.132. The molecule has 0 unspecified atom stereocenters. The summed E-state index contributed by atoms with van der Waals surface area (Å²) in [4.78, 5) is 23.5. The Balaban J connectivity index is 2.11. The smallest absolute Gasteiger partial charge is 0.409 e. The van der Waals surface area contributed by atoms with Crippen LogP contribution in [0.4, 0.5) is 4.79 Å². The summed E-state index contributed by atoms with van der Waals surface area (Å²) in [7, 11) is 0. The molecule has 0 saturated carbocycles. The normalized spacial score (nSPS) is 15.4. The van der Waals surface area contributed by atoms with Crippen molar-refractivity contribution in [2.24, 2.45) is 0 Å². The maximum atomic E-state index is 11.5. The maximum absolute atomic E-state index is 11.5. The molecule has 0 spiro atoms. The number of carboxylic acid groups (broad SMARTS) is 1. The lowest BCUT2D eigenvalue weighted by molar-refractivity contribution is -0.132. The van der Waals surface area contributed by atoms with Crippen molar-refractivity contribution in [2.45, 2.75) is 12.8 Å². The molecule has 1 amide bonds. The molecule has 1 saturated heterocycles. The number of carboxylic acids is 1. The summed E-state index contributed by atoms with van der Waals surface area (Å²) in [6.07, 6.45) is 0.432. The van der Waals surface area contributed by atoms with E-state index < -0.39 is 5.97 Å². The highest BCUT2D eigenvalue weighted by Gasteiger charge is 2.17. The Bertz CT molecular complexity index is 296. The van der Waals surface area contributed by atoms with Crippen LogP contribution in [0.3, 0.4) is 0 Å². The zero-order valence-corrected chi connectivity index (χ0v) is 9.68. The number of amides is 1. The van der Waals surface area contributed by atoms with Crippen LogP contribution in [-0.4, -0.2) is 55.0 Å². The number of carbonyl (C=O) groups excluding carboxylic acids is 1. The Hall–Kier alpha value is -1.56. The lowest BCUT2D eigenvalue weighted by atomic mass is 10.2. The number of rotatable bonds is 5. The SMILES string of the molecule is C=C(CCCOC(=O)N1CCOCC1)C(=O)O. The average molecular weight is 243 g/mol. The first kappa shape index (κ1) is 13.5. The van der Waals surface area contributed by atoms with Crippen LogP contribution in [0.15, 0.2) is 12.2 Å². The Kier molecular flexibility index (Phi) is 5.48. The van der Waals surface area contributed by atoms with E-state index in [1.807, 2.05) is 0 Å². The highest BCUT2D eigenvalue weighted by Crippen LogP contribution is 2.04. The van der Waals surface area contributed by atoms with Gasteiger partial charge in [-0.2, -0.15) is 0 Å². The Labute approximate surface area is 99.8 Å². The molecule has 1 rings (SSSR count). The molecule has 96 valence electrons. The van der Waals surface area contributed by atoms with Crippen molar-refractivity contribution >= 4 is 12.1 Å². The lowest BCUT2D eigenvalue weighted by Crippen LogP contribution is -2.41. The van der Waals surface area contributed by atoms with Gasteiger partial charge in [0.15, 0.2) is 0 Å². The topological polar surface area (TPSA) is 76.1 Å². The molecule has 0 aromatic heterocycles. The Morgan fingerprint density at radius 3 is 2.59 bits per heavy atom. The van der Waals surface area contributed by atoms with E-state index in [1.165, 1.54) is 0 Å². The number of ether oxygens (including phenoxy) is 2. The van der Waals surface area contributed by atoms with E-state index >= 15 is 0 Å². The van der Waals surface area contributed by atoms with E-state index in [2.05, 4.69) is 6.58 Å². The third-order valence-electron chi connectivity index (χ3n) is 2.42. The molecule has 17 heavy (non-hydrogen) atoms. The van der Waals surface area contributed by atoms with Gasteiger partial charge in [0.1, 0.15) is 0 Å². The third-order valence-corrected chi connectivity index (χ3v) is 2.42. The Morgan fingerprint density at radius 1 is 1.35 bits per heavy atom. The molecule has 0 aliphatic carbocycles. The van der Waals surface area contributed by atoms with E-state index in [4.69, 9.17) is 14.6 Å². The van der Waals surface area contributed by atoms with Gasteiger partial charge in [-0.1, -0.05) is 6.58 Å². The van der Waals surface area contributed by atoms with Crippen LogP contribution in [-0.2, 0) is 14.3 Å². The van der Waals surface area contributed by atoms with Gasteiger partial charge in [-0.3, -0.25) is 0 Å². The van der Waals surface area contributed by atoms with E-state index in [0.717, 1.165) is 0 Å².